The van der Waals surface area contributed by atoms with Crippen molar-refractivity contribution >= 4 is 11.9 Å². The Morgan fingerprint density at radius 3 is 2.50 bits per heavy atom. The van der Waals surface area contributed by atoms with Gasteiger partial charge in [-0.15, -0.1) is 0 Å². The van der Waals surface area contributed by atoms with Gasteiger partial charge in [0.2, 0.25) is 0 Å². The van der Waals surface area contributed by atoms with Crippen LogP contribution in [0, 0.1) is 0 Å². The highest BCUT2D eigenvalue weighted by molar-refractivity contribution is 6.06. The van der Waals surface area contributed by atoms with Crippen LogP contribution in [0.4, 0.5) is 13.2 Å². The Morgan fingerprint density at radius 2 is 1.86 bits per heavy atom. The highest BCUT2D eigenvalue weighted by Crippen LogP contribution is 2.32. The van der Waals surface area contributed by atoms with Gasteiger partial charge in [0.1, 0.15) is 18.2 Å². The van der Waals surface area contributed by atoms with Crippen LogP contribution in [0.3, 0.4) is 0 Å². The molecule has 0 spiro atoms. The zero-order valence-corrected chi connectivity index (χ0v) is 15.0. The van der Waals surface area contributed by atoms with Gasteiger partial charge < -0.3 is 9.30 Å². The highest BCUT2D eigenvalue weighted by atomic mass is 19.4. The molecular formula is C21H17F3N2O2. The second kappa shape index (κ2) is 8.12. The lowest BCUT2D eigenvalue weighted by Gasteiger charge is -2.09. The van der Waals surface area contributed by atoms with Crippen molar-refractivity contribution in [1.29, 1.82) is 0 Å². The van der Waals surface area contributed by atoms with Crippen LogP contribution in [0.1, 0.15) is 27.3 Å². The van der Waals surface area contributed by atoms with Crippen LogP contribution >= 0.6 is 0 Å². The fourth-order valence-corrected chi connectivity index (χ4v) is 2.56. The molecule has 28 heavy (non-hydrogen) atoms. The topological polar surface area (TPSA) is 44.1 Å². The molecule has 0 unspecified atom stereocenters. The molecule has 0 fully saturated rings. The molecule has 144 valence electrons. The fourth-order valence-electron chi connectivity index (χ4n) is 2.56. The molecule has 0 saturated carbocycles. The number of aryl methyl sites for hydroxylation is 1. The molecule has 2 aromatic carbocycles. The third kappa shape index (κ3) is 4.68. The second-order valence-electron chi connectivity index (χ2n) is 6.05. The minimum absolute atomic E-state index is 0.0571. The van der Waals surface area contributed by atoms with Gasteiger partial charge in [-0.1, -0.05) is 24.3 Å². The van der Waals surface area contributed by atoms with Gasteiger partial charge in [0, 0.05) is 25.0 Å². The first-order chi connectivity index (χ1) is 13.3. The zero-order valence-electron chi connectivity index (χ0n) is 15.0. The maximum absolute atomic E-state index is 13.0. The number of rotatable bonds is 6. The van der Waals surface area contributed by atoms with Crippen LogP contribution < -0.4 is 4.74 Å². The fraction of sp³-hybridized carbons (Fsp3) is 0.143. The molecule has 4 nitrogen and oxygen atoms in total. The molecule has 0 aliphatic heterocycles. The molecule has 0 radical (unpaired) electrons. The van der Waals surface area contributed by atoms with Crippen molar-refractivity contribution in [3.05, 3.63) is 89.5 Å². The van der Waals surface area contributed by atoms with Gasteiger partial charge in [-0.25, -0.2) is 4.98 Å². The Balaban J connectivity index is 1.67. The number of alkyl halides is 3. The molecule has 0 N–H and O–H groups in total. The van der Waals surface area contributed by atoms with E-state index in [1.54, 1.807) is 30.5 Å². The Labute approximate surface area is 159 Å². The van der Waals surface area contributed by atoms with E-state index < -0.39 is 17.5 Å². The van der Waals surface area contributed by atoms with Crippen molar-refractivity contribution in [2.75, 3.05) is 0 Å². The number of halogens is 3. The van der Waals surface area contributed by atoms with Gasteiger partial charge in [0.05, 0.1) is 5.56 Å². The molecule has 0 saturated heterocycles. The monoisotopic (exact) mass is 386 g/mol. The van der Waals surface area contributed by atoms with Gasteiger partial charge in [0.25, 0.3) is 0 Å². The Bertz CT molecular complexity index is 989. The predicted molar refractivity (Wildman–Crippen MR) is 98.8 cm³/mol. The molecule has 0 atom stereocenters. The average molecular weight is 386 g/mol. The molecule has 1 heterocycles. The zero-order chi connectivity index (χ0) is 20.1. The van der Waals surface area contributed by atoms with E-state index in [0.717, 1.165) is 18.0 Å². The number of benzene rings is 2. The highest BCUT2D eigenvalue weighted by Gasteiger charge is 2.32. The van der Waals surface area contributed by atoms with Crippen molar-refractivity contribution in [3.8, 4) is 5.75 Å². The van der Waals surface area contributed by atoms with Crippen molar-refractivity contribution in [2.24, 2.45) is 7.05 Å². The summed E-state index contributed by atoms with van der Waals surface area (Å²) in [6.45, 7) is 0.283. The molecule has 0 aliphatic rings. The van der Waals surface area contributed by atoms with E-state index in [1.165, 1.54) is 24.3 Å². The predicted octanol–water partition coefficient (Wildman–Crippen LogP) is 4.91. The number of aromatic nitrogens is 2. The number of hydrogen-bond donors (Lipinski definition) is 0. The number of hydrogen-bond acceptors (Lipinski definition) is 3. The van der Waals surface area contributed by atoms with E-state index in [-0.39, 0.29) is 12.2 Å². The van der Waals surface area contributed by atoms with E-state index >= 15 is 0 Å². The third-order valence-electron chi connectivity index (χ3n) is 4.11. The number of allylic oxidation sites excluding steroid dienone is 1. The maximum Gasteiger partial charge on any atom is 0.416 e. The van der Waals surface area contributed by atoms with Crippen LogP contribution in [-0.2, 0) is 19.8 Å². The van der Waals surface area contributed by atoms with Crippen molar-refractivity contribution in [3.63, 3.8) is 0 Å². The van der Waals surface area contributed by atoms with Crippen molar-refractivity contribution in [1.82, 2.24) is 9.55 Å². The first-order valence-corrected chi connectivity index (χ1v) is 8.42. The SMILES string of the molecule is Cn1ccnc1COc1ccc(C(=O)/C=C/c2ccccc2C(F)(F)F)cc1. The van der Waals surface area contributed by atoms with E-state index in [0.29, 0.717) is 11.3 Å². The minimum atomic E-state index is -4.48. The van der Waals surface area contributed by atoms with Gasteiger partial charge in [-0.05, 0) is 42.0 Å². The summed E-state index contributed by atoms with van der Waals surface area (Å²) in [7, 11) is 1.86. The standard InChI is InChI=1S/C21H17F3N2O2/c1-26-13-12-25-20(26)14-28-17-9-6-16(7-10-17)19(27)11-8-15-4-2-3-5-18(15)21(22,23)24/h2-13H,14H2,1H3/b11-8+. The lowest BCUT2D eigenvalue weighted by molar-refractivity contribution is -0.137. The van der Waals surface area contributed by atoms with E-state index in [2.05, 4.69) is 4.98 Å². The summed E-state index contributed by atoms with van der Waals surface area (Å²) in [6.07, 6.45) is 1.31. The molecule has 0 amide bonds. The Kier molecular flexibility index (Phi) is 5.63. The molecule has 1 aromatic heterocycles. The van der Waals surface area contributed by atoms with Crippen LogP contribution in [0.25, 0.3) is 6.08 Å². The Hall–Kier alpha value is -3.35. The number of carbonyl (C=O) groups is 1. The summed E-state index contributed by atoms with van der Waals surface area (Å²) >= 11 is 0. The van der Waals surface area contributed by atoms with Gasteiger partial charge in [-0.3, -0.25) is 4.79 Å². The second-order valence-corrected chi connectivity index (χ2v) is 6.05. The average Bonchev–Trinajstić information content (AvgIpc) is 3.09. The quantitative estimate of drug-likeness (QED) is 0.446. The summed E-state index contributed by atoms with van der Waals surface area (Å²) in [4.78, 5) is 16.4. The van der Waals surface area contributed by atoms with E-state index in [9.17, 15) is 18.0 Å². The summed E-state index contributed by atoms with van der Waals surface area (Å²) in [5.41, 5.74) is -0.486. The van der Waals surface area contributed by atoms with Gasteiger partial charge in [0.15, 0.2) is 5.78 Å². The third-order valence-corrected chi connectivity index (χ3v) is 4.11. The first-order valence-electron chi connectivity index (χ1n) is 8.42. The largest absolute Gasteiger partial charge is 0.486 e. The number of imidazole rings is 1. The molecule has 0 bridgehead atoms. The van der Waals surface area contributed by atoms with E-state index in [1.807, 2.05) is 17.8 Å². The van der Waals surface area contributed by atoms with Gasteiger partial charge >= 0.3 is 6.18 Å². The molecule has 0 aliphatic carbocycles. The minimum Gasteiger partial charge on any atom is -0.486 e. The Morgan fingerprint density at radius 1 is 1.14 bits per heavy atom. The van der Waals surface area contributed by atoms with Crippen molar-refractivity contribution < 1.29 is 22.7 Å². The lowest BCUT2D eigenvalue weighted by Crippen LogP contribution is -2.07. The number of ketones is 1. The summed E-state index contributed by atoms with van der Waals surface area (Å²) in [5.74, 6) is 0.921. The molecular weight excluding hydrogens is 369 g/mol. The van der Waals surface area contributed by atoms with E-state index in [4.69, 9.17) is 4.74 Å². The van der Waals surface area contributed by atoms with Gasteiger partial charge in [-0.2, -0.15) is 13.2 Å². The van der Waals surface area contributed by atoms with Crippen LogP contribution in [-0.4, -0.2) is 15.3 Å². The number of ether oxygens (including phenoxy) is 1. The van der Waals surface area contributed by atoms with Crippen LogP contribution in [0.15, 0.2) is 67.0 Å². The number of nitrogens with zero attached hydrogens (tertiary/aromatic N) is 2. The lowest BCUT2D eigenvalue weighted by atomic mass is 10.0. The summed E-state index contributed by atoms with van der Waals surface area (Å²) in [6, 6.07) is 11.5. The first kappa shape index (κ1) is 19.4. The normalized spacial score (nSPS) is 11.7. The van der Waals surface area contributed by atoms with Crippen molar-refractivity contribution in [2.45, 2.75) is 12.8 Å². The maximum atomic E-state index is 13.0. The molecule has 7 heteroatoms. The summed E-state index contributed by atoms with van der Waals surface area (Å²) < 4.78 is 46.4. The molecule has 3 rings (SSSR count). The number of carbonyl (C=O) groups excluding carboxylic acids is 1. The summed E-state index contributed by atoms with van der Waals surface area (Å²) in [5, 5.41) is 0. The smallest absolute Gasteiger partial charge is 0.416 e. The molecule has 3 aromatic rings. The van der Waals surface area contributed by atoms with Crippen LogP contribution in [0.2, 0.25) is 0 Å². The van der Waals surface area contributed by atoms with Crippen LogP contribution in [0.5, 0.6) is 5.75 Å².